The Morgan fingerprint density at radius 1 is 1.00 bits per heavy atom. The Kier molecular flexibility index (Phi) is 7.75. The molecule has 10 nitrogen and oxygen atoms in total. The summed E-state index contributed by atoms with van der Waals surface area (Å²) in [5.74, 6) is -2.88. The van der Waals surface area contributed by atoms with E-state index in [2.05, 4.69) is 20.4 Å². The van der Waals surface area contributed by atoms with Gasteiger partial charge < -0.3 is 16.0 Å². The lowest BCUT2D eigenvalue weighted by atomic mass is 10.0. The fraction of sp³-hybridized carbons (Fsp3) is 0.161. The number of aromatic nitrogens is 4. The molecule has 6 rings (SSSR count). The number of amides is 3. The van der Waals surface area contributed by atoms with Crippen molar-refractivity contribution < 1.29 is 23.2 Å². The number of hydrogen-bond donors (Lipinski definition) is 2. The summed E-state index contributed by atoms with van der Waals surface area (Å²) >= 11 is 6.24. The topological polar surface area (TPSA) is 136 Å². The van der Waals surface area contributed by atoms with E-state index in [1.807, 2.05) is 0 Å². The highest BCUT2D eigenvalue weighted by atomic mass is 35.5. The van der Waals surface area contributed by atoms with Crippen LogP contribution in [0.5, 0.6) is 0 Å². The molecular weight excluding hydrogens is 592 g/mol. The normalized spacial score (nSPS) is 16.3. The molecule has 13 heteroatoms. The number of carbonyl (C=O) groups excluding carboxylic acids is 3. The number of nitrogens with two attached hydrogens (primary N) is 1. The number of halogens is 3. The summed E-state index contributed by atoms with van der Waals surface area (Å²) in [7, 11) is 0. The number of hydrogen-bond acceptors (Lipinski definition) is 6. The number of rotatable bonds is 7. The van der Waals surface area contributed by atoms with Crippen molar-refractivity contribution in [1.29, 1.82) is 0 Å². The van der Waals surface area contributed by atoms with E-state index in [1.54, 1.807) is 60.9 Å². The van der Waals surface area contributed by atoms with Crippen LogP contribution in [0.25, 0.3) is 33.2 Å². The van der Waals surface area contributed by atoms with Crippen LogP contribution in [-0.4, -0.2) is 61.1 Å². The van der Waals surface area contributed by atoms with Crippen molar-refractivity contribution in [3.8, 4) is 22.3 Å². The minimum Gasteiger partial charge on any atom is -0.364 e. The lowest BCUT2D eigenvalue weighted by Gasteiger charge is -2.24. The van der Waals surface area contributed by atoms with Crippen molar-refractivity contribution in [3.63, 3.8) is 0 Å². The summed E-state index contributed by atoms with van der Waals surface area (Å²) in [4.78, 5) is 48.1. The first kappa shape index (κ1) is 28.9. The fourth-order valence-electron chi connectivity index (χ4n) is 5.37. The molecule has 1 fully saturated rings. The molecule has 3 heterocycles. The molecule has 2 atom stereocenters. The second kappa shape index (κ2) is 11.8. The molecule has 1 aliphatic rings. The maximum Gasteiger partial charge on any atom is 0.269 e. The third kappa shape index (κ3) is 5.47. The molecule has 5 aromatic rings. The maximum atomic E-state index is 15.5. The van der Waals surface area contributed by atoms with Gasteiger partial charge in [-0.2, -0.15) is 5.10 Å². The van der Waals surface area contributed by atoms with Crippen LogP contribution in [0.1, 0.15) is 16.9 Å². The zero-order valence-electron chi connectivity index (χ0n) is 23.0. The Bertz CT molecular complexity index is 1920. The molecule has 1 saturated heterocycles. The van der Waals surface area contributed by atoms with Gasteiger partial charge in [-0.1, -0.05) is 48.0 Å². The summed E-state index contributed by atoms with van der Waals surface area (Å²) in [6, 6.07) is 15.1. The molecule has 222 valence electrons. The van der Waals surface area contributed by atoms with Gasteiger partial charge in [-0.05, 0) is 29.8 Å². The molecule has 0 saturated carbocycles. The zero-order chi connectivity index (χ0) is 31.0. The molecule has 3 aromatic carbocycles. The van der Waals surface area contributed by atoms with E-state index in [4.69, 9.17) is 17.3 Å². The van der Waals surface area contributed by atoms with E-state index in [0.717, 1.165) is 4.90 Å². The standard InChI is InChI=1S/C31H24ClF2N7O3/c32-23-6-2-1-4-20(23)21-5-3-7-24(28(21)34)38-31(44)26-11-19(33)14-40(26)27(42)15-41-25-9-8-17(18-12-36-16-37-13-18)10-22(25)29(39-41)30(35)43/h1-10,12-13,16,19,26H,11,14-15H2,(H2,35,43)(H,38,44)/t19-,26?/m1/s1. The Hall–Kier alpha value is -5.23. The predicted octanol–water partition coefficient (Wildman–Crippen LogP) is 4.63. The van der Waals surface area contributed by atoms with Gasteiger partial charge in [-0.25, -0.2) is 18.7 Å². The number of anilines is 1. The Labute approximate surface area is 254 Å². The van der Waals surface area contributed by atoms with Crippen molar-refractivity contribution in [2.75, 3.05) is 11.9 Å². The van der Waals surface area contributed by atoms with Gasteiger partial charge in [-0.3, -0.25) is 19.1 Å². The van der Waals surface area contributed by atoms with Gasteiger partial charge in [-0.15, -0.1) is 0 Å². The van der Waals surface area contributed by atoms with E-state index >= 15 is 4.39 Å². The fourth-order valence-corrected chi connectivity index (χ4v) is 5.61. The maximum absolute atomic E-state index is 15.5. The summed E-state index contributed by atoms with van der Waals surface area (Å²) in [5, 5.41) is 7.50. The van der Waals surface area contributed by atoms with E-state index in [9.17, 15) is 18.8 Å². The SMILES string of the molecule is NC(=O)c1nn(CC(=O)N2C[C@H](F)CC2C(=O)Nc2cccc(-c3ccccc3Cl)c2F)c2ccc(-c3cncnc3)cc12. The molecule has 0 spiro atoms. The number of alkyl halides is 1. The second-order valence-electron chi connectivity index (χ2n) is 10.3. The largest absolute Gasteiger partial charge is 0.364 e. The van der Waals surface area contributed by atoms with Crippen molar-refractivity contribution in [3.05, 3.63) is 95.9 Å². The van der Waals surface area contributed by atoms with E-state index < -0.39 is 42.3 Å². The Balaban J connectivity index is 1.25. The number of carbonyl (C=O) groups is 3. The first-order chi connectivity index (χ1) is 21.2. The van der Waals surface area contributed by atoms with Crippen LogP contribution in [0.2, 0.25) is 5.02 Å². The second-order valence-corrected chi connectivity index (χ2v) is 10.7. The summed E-state index contributed by atoms with van der Waals surface area (Å²) in [6.45, 7) is -0.733. The third-order valence-electron chi connectivity index (χ3n) is 7.46. The van der Waals surface area contributed by atoms with Gasteiger partial charge in [0.1, 0.15) is 25.1 Å². The van der Waals surface area contributed by atoms with Gasteiger partial charge in [0, 0.05) is 45.9 Å². The van der Waals surface area contributed by atoms with Crippen molar-refractivity contribution in [1.82, 2.24) is 24.6 Å². The van der Waals surface area contributed by atoms with Crippen LogP contribution in [0.3, 0.4) is 0 Å². The predicted molar refractivity (Wildman–Crippen MR) is 160 cm³/mol. The highest BCUT2D eigenvalue weighted by Crippen LogP contribution is 2.33. The number of likely N-dealkylation sites (tertiary alicyclic amines) is 1. The lowest BCUT2D eigenvalue weighted by Crippen LogP contribution is -2.44. The molecule has 44 heavy (non-hydrogen) atoms. The average Bonchev–Trinajstić information content (AvgIpc) is 3.59. The van der Waals surface area contributed by atoms with Crippen molar-refractivity contribution in [2.24, 2.45) is 5.73 Å². The van der Waals surface area contributed by atoms with E-state index in [1.165, 1.54) is 23.1 Å². The molecule has 0 radical (unpaired) electrons. The number of nitrogens with zero attached hydrogens (tertiary/aromatic N) is 5. The smallest absolute Gasteiger partial charge is 0.269 e. The summed E-state index contributed by atoms with van der Waals surface area (Å²) in [5.41, 5.74) is 7.84. The molecule has 0 aliphatic carbocycles. The Morgan fingerprint density at radius 2 is 1.75 bits per heavy atom. The van der Waals surface area contributed by atoms with Gasteiger partial charge in [0.15, 0.2) is 11.5 Å². The van der Waals surface area contributed by atoms with Crippen molar-refractivity contribution >= 4 is 45.9 Å². The van der Waals surface area contributed by atoms with Gasteiger partial charge >= 0.3 is 0 Å². The molecule has 3 N–H and O–H groups in total. The average molecular weight is 616 g/mol. The Morgan fingerprint density at radius 3 is 2.50 bits per heavy atom. The number of nitrogens with one attached hydrogen (secondary N) is 1. The molecule has 1 unspecified atom stereocenters. The van der Waals surface area contributed by atoms with E-state index in [0.29, 0.717) is 32.6 Å². The number of benzene rings is 3. The van der Waals surface area contributed by atoms with Crippen LogP contribution < -0.4 is 11.1 Å². The monoisotopic (exact) mass is 615 g/mol. The molecule has 1 aliphatic heterocycles. The quantitative estimate of drug-likeness (QED) is 0.274. The summed E-state index contributed by atoms with van der Waals surface area (Å²) in [6.07, 6.45) is 2.87. The zero-order valence-corrected chi connectivity index (χ0v) is 23.7. The first-order valence-corrected chi connectivity index (χ1v) is 13.9. The van der Waals surface area contributed by atoms with Crippen LogP contribution >= 0.6 is 11.6 Å². The van der Waals surface area contributed by atoms with Crippen LogP contribution in [0, 0.1) is 5.82 Å². The number of fused-ring (bicyclic) bond motifs is 1. The summed E-state index contributed by atoms with van der Waals surface area (Å²) < 4.78 is 31.4. The number of primary amides is 1. The first-order valence-electron chi connectivity index (χ1n) is 13.5. The molecule has 2 aromatic heterocycles. The van der Waals surface area contributed by atoms with Gasteiger partial charge in [0.05, 0.1) is 17.7 Å². The molecule has 0 bridgehead atoms. The van der Waals surface area contributed by atoms with Crippen molar-refractivity contribution in [2.45, 2.75) is 25.2 Å². The van der Waals surface area contributed by atoms with E-state index in [-0.39, 0.29) is 29.9 Å². The van der Waals surface area contributed by atoms with Crippen LogP contribution in [0.4, 0.5) is 14.5 Å². The highest BCUT2D eigenvalue weighted by molar-refractivity contribution is 6.33. The van der Waals surface area contributed by atoms with Gasteiger partial charge in [0.25, 0.3) is 5.91 Å². The lowest BCUT2D eigenvalue weighted by molar-refractivity contribution is -0.137. The van der Waals surface area contributed by atoms with Gasteiger partial charge in [0.2, 0.25) is 11.8 Å². The van der Waals surface area contributed by atoms with Crippen LogP contribution in [0.15, 0.2) is 79.4 Å². The molecule has 3 amide bonds. The minimum atomic E-state index is -1.47. The molecular formula is C31H24ClF2N7O3. The van der Waals surface area contributed by atoms with Crippen LogP contribution in [-0.2, 0) is 16.1 Å². The third-order valence-corrected chi connectivity index (χ3v) is 7.79. The minimum absolute atomic E-state index is 0.0561. The highest BCUT2D eigenvalue weighted by Gasteiger charge is 2.40.